The van der Waals surface area contributed by atoms with E-state index >= 15 is 0 Å². The van der Waals surface area contributed by atoms with Crippen LogP contribution in [0.2, 0.25) is 0 Å². The monoisotopic (exact) mass is 338 g/mol. The van der Waals surface area contributed by atoms with Gasteiger partial charge in [-0.3, -0.25) is 4.79 Å². The van der Waals surface area contributed by atoms with E-state index in [0.717, 1.165) is 25.9 Å². The fourth-order valence-corrected chi connectivity index (χ4v) is 4.92. The molecule has 1 aromatic rings. The maximum atomic E-state index is 12.5. The third kappa shape index (κ3) is 3.46. The van der Waals surface area contributed by atoms with Gasteiger partial charge in [-0.1, -0.05) is 0 Å². The molecular formula is C15H22N4O3S. The van der Waals surface area contributed by atoms with E-state index < -0.39 is 9.84 Å². The standard InChI is InChI=1S/C15H22N4O3S/c1-11-9-13(14(20)19-6-3-4-7-19)17-15(16-11)18(2)12-5-8-23(21,22)10-12/h9,12H,3-8,10H2,1-2H3. The van der Waals surface area contributed by atoms with Gasteiger partial charge in [0.25, 0.3) is 5.91 Å². The highest BCUT2D eigenvalue weighted by atomic mass is 32.2. The van der Waals surface area contributed by atoms with Gasteiger partial charge in [-0.05, 0) is 32.3 Å². The largest absolute Gasteiger partial charge is 0.340 e. The smallest absolute Gasteiger partial charge is 0.272 e. The van der Waals surface area contributed by atoms with Gasteiger partial charge >= 0.3 is 0 Å². The van der Waals surface area contributed by atoms with Crippen molar-refractivity contribution in [2.24, 2.45) is 0 Å². The molecule has 3 heterocycles. The van der Waals surface area contributed by atoms with Crippen LogP contribution in [-0.2, 0) is 9.84 Å². The van der Waals surface area contributed by atoms with E-state index in [2.05, 4.69) is 9.97 Å². The normalized spacial score (nSPS) is 23.2. The first kappa shape index (κ1) is 16.2. The number of rotatable bonds is 3. The number of hydrogen-bond donors (Lipinski definition) is 0. The second-order valence-corrected chi connectivity index (χ2v) is 8.59. The number of likely N-dealkylation sites (tertiary alicyclic amines) is 1. The number of aryl methyl sites for hydroxylation is 1. The van der Waals surface area contributed by atoms with Crippen LogP contribution in [-0.4, -0.2) is 66.9 Å². The third-order valence-electron chi connectivity index (χ3n) is 4.53. The summed E-state index contributed by atoms with van der Waals surface area (Å²) in [6, 6.07) is 1.57. The number of nitrogens with zero attached hydrogens (tertiary/aromatic N) is 4. The van der Waals surface area contributed by atoms with Crippen LogP contribution in [0.25, 0.3) is 0 Å². The Bertz CT molecular complexity index is 713. The van der Waals surface area contributed by atoms with Crippen molar-refractivity contribution in [3.63, 3.8) is 0 Å². The highest BCUT2D eigenvalue weighted by Crippen LogP contribution is 2.21. The average Bonchev–Trinajstić information content (AvgIpc) is 3.14. The molecule has 23 heavy (non-hydrogen) atoms. The lowest BCUT2D eigenvalue weighted by molar-refractivity contribution is 0.0786. The Balaban J connectivity index is 1.84. The molecule has 0 saturated carbocycles. The summed E-state index contributed by atoms with van der Waals surface area (Å²) in [4.78, 5) is 24.9. The summed E-state index contributed by atoms with van der Waals surface area (Å²) < 4.78 is 23.3. The van der Waals surface area contributed by atoms with Crippen LogP contribution in [0, 0.1) is 6.92 Å². The summed E-state index contributed by atoms with van der Waals surface area (Å²) in [7, 11) is -1.17. The molecule has 8 heteroatoms. The van der Waals surface area contributed by atoms with Crippen molar-refractivity contribution in [1.82, 2.24) is 14.9 Å². The quantitative estimate of drug-likeness (QED) is 0.804. The topological polar surface area (TPSA) is 83.5 Å². The fraction of sp³-hybridized carbons (Fsp3) is 0.667. The molecular weight excluding hydrogens is 316 g/mol. The van der Waals surface area contributed by atoms with E-state index in [9.17, 15) is 13.2 Å². The summed E-state index contributed by atoms with van der Waals surface area (Å²) in [6.07, 6.45) is 2.64. The van der Waals surface area contributed by atoms with Gasteiger partial charge in [-0.15, -0.1) is 0 Å². The second-order valence-electron chi connectivity index (χ2n) is 6.36. The number of carbonyl (C=O) groups is 1. The number of anilines is 1. The number of aromatic nitrogens is 2. The zero-order valence-electron chi connectivity index (χ0n) is 13.5. The van der Waals surface area contributed by atoms with E-state index in [4.69, 9.17) is 0 Å². The molecule has 3 rings (SSSR count). The van der Waals surface area contributed by atoms with Crippen molar-refractivity contribution in [1.29, 1.82) is 0 Å². The number of carbonyl (C=O) groups excluding carboxylic acids is 1. The highest BCUT2D eigenvalue weighted by Gasteiger charge is 2.32. The Kier molecular flexibility index (Phi) is 4.27. The molecule has 2 aliphatic rings. The molecule has 1 aromatic heterocycles. The molecule has 0 spiro atoms. The Morgan fingerprint density at radius 1 is 1.30 bits per heavy atom. The predicted molar refractivity (Wildman–Crippen MR) is 87.4 cm³/mol. The lowest BCUT2D eigenvalue weighted by Gasteiger charge is -2.24. The SMILES string of the molecule is Cc1cc(C(=O)N2CCCC2)nc(N(C)C2CCS(=O)(=O)C2)n1. The van der Waals surface area contributed by atoms with E-state index in [1.54, 1.807) is 18.0 Å². The highest BCUT2D eigenvalue weighted by molar-refractivity contribution is 7.91. The van der Waals surface area contributed by atoms with Crippen molar-refractivity contribution < 1.29 is 13.2 Å². The summed E-state index contributed by atoms with van der Waals surface area (Å²) in [5.74, 6) is 0.681. The molecule has 2 aliphatic heterocycles. The number of amides is 1. The summed E-state index contributed by atoms with van der Waals surface area (Å²) >= 11 is 0. The predicted octanol–water partition coefficient (Wildman–Crippen LogP) is 0.644. The molecule has 1 amide bonds. The molecule has 0 aliphatic carbocycles. The third-order valence-corrected chi connectivity index (χ3v) is 6.28. The maximum absolute atomic E-state index is 12.5. The summed E-state index contributed by atoms with van der Waals surface area (Å²) in [5.41, 5.74) is 1.10. The Morgan fingerprint density at radius 3 is 2.61 bits per heavy atom. The number of hydrogen-bond acceptors (Lipinski definition) is 6. The molecule has 0 bridgehead atoms. The van der Waals surface area contributed by atoms with Gasteiger partial charge in [0.1, 0.15) is 5.69 Å². The van der Waals surface area contributed by atoms with Gasteiger partial charge in [0, 0.05) is 31.9 Å². The van der Waals surface area contributed by atoms with Gasteiger partial charge in [-0.25, -0.2) is 18.4 Å². The average molecular weight is 338 g/mol. The molecule has 1 unspecified atom stereocenters. The summed E-state index contributed by atoms with van der Waals surface area (Å²) in [6.45, 7) is 3.37. The van der Waals surface area contributed by atoms with Crippen LogP contribution in [0.5, 0.6) is 0 Å². The van der Waals surface area contributed by atoms with Crippen molar-refractivity contribution in [3.05, 3.63) is 17.5 Å². The first-order chi connectivity index (χ1) is 10.9. The van der Waals surface area contributed by atoms with Crippen LogP contribution >= 0.6 is 0 Å². The molecule has 0 N–H and O–H groups in total. The zero-order valence-corrected chi connectivity index (χ0v) is 14.3. The van der Waals surface area contributed by atoms with Gasteiger partial charge in [-0.2, -0.15) is 0 Å². The van der Waals surface area contributed by atoms with Gasteiger partial charge in [0.2, 0.25) is 5.95 Å². The molecule has 7 nitrogen and oxygen atoms in total. The molecule has 2 saturated heterocycles. The van der Waals surface area contributed by atoms with Crippen LogP contribution in [0.1, 0.15) is 35.4 Å². The van der Waals surface area contributed by atoms with E-state index in [0.29, 0.717) is 23.8 Å². The Hall–Kier alpha value is -1.70. The molecule has 0 radical (unpaired) electrons. The van der Waals surface area contributed by atoms with Crippen molar-refractivity contribution in [3.8, 4) is 0 Å². The zero-order chi connectivity index (χ0) is 16.6. The molecule has 0 aromatic carbocycles. The Morgan fingerprint density at radius 2 is 2.00 bits per heavy atom. The fourth-order valence-electron chi connectivity index (χ4n) is 3.15. The van der Waals surface area contributed by atoms with E-state index in [1.807, 2.05) is 11.8 Å². The van der Waals surface area contributed by atoms with Gasteiger partial charge < -0.3 is 9.80 Å². The molecule has 1 atom stereocenters. The minimum atomic E-state index is -2.97. The van der Waals surface area contributed by atoms with Crippen molar-refractivity contribution in [2.75, 3.05) is 36.5 Å². The minimum Gasteiger partial charge on any atom is -0.340 e. The molecule has 126 valence electrons. The van der Waals surface area contributed by atoms with Crippen LogP contribution in [0.15, 0.2) is 6.07 Å². The lowest BCUT2D eigenvalue weighted by Crippen LogP contribution is -2.35. The van der Waals surface area contributed by atoms with Crippen LogP contribution < -0.4 is 4.90 Å². The van der Waals surface area contributed by atoms with Gasteiger partial charge in [0.05, 0.1) is 11.5 Å². The van der Waals surface area contributed by atoms with Crippen LogP contribution in [0.4, 0.5) is 5.95 Å². The van der Waals surface area contributed by atoms with Gasteiger partial charge in [0.15, 0.2) is 9.84 Å². The Labute approximate surface area is 136 Å². The minimum absolute atomic E-state index is 0.0679. The number of sulfone groups is 1. The van der Waals surface area contributed by atoms with E-state index in [-0.39, 0.29) is 23.5 Å². The summed E-state index contributed by atoms with van der Waals surface area (Å²) in [5, 5.41) is 0. The van der Waals surface area contributed by atoms with Crippen molar-refractivity contribution >= 4 is 21.7 Å². The first-order valence-corrected chi connectivity index (χ1v) is 9.76. The van der Waals surface area contributed by atoms with E-state index in [1.165, 1.54) is 0 Å². The maximum Gasteiger partial charge on any atom is 0.272 e. The molecule has 2 fully saturated rings. The second kappa shape index (κ2) is 6.07. The van der Waals surface area contributed by atoms with Crippen LogP contribution in [0.3, 0.4) is 0 Å². The van der Waals surface area contributed by atoms with Crippen molar-refractivity contribution in [2.45, 2.75) is 32.2 Å². The lowest BCUT2D eigenvalue weighted by atomic mass is 10.2. The first-order valence-electron chi connectivity index (χ1n) is 7.94.